The molecule has 2 aromatic rings. The van der Waals surface area contributed by atoms with Gasteiger partial charge >= 0.3 is 0 Å². The average Bonchev–Trinajstić information content (AvgIpc) is 2.72. The highest BCUT2D eigenvalue weighted by atomic mass is 32.2. The maximum absolute atomic E-state index is 11.4. The van der Waals surface area contributed by atoms with Gasteiger partial charge in [-0.05, 0) is 25.1 Å². The summed E-state index contributed by atoms with van der Waals surface area (Å²) in [5.74, 6) is 0.684. The average molecular weight is 281 g/mol. The molecule has 0 aliphatic rings. The summed E-state index contributed by atoms with van der Waals surface area (Å²) in [5.41, 5.74) is 7.65. The van der Waals surface area contributed by atoms with E-state index < -0.39 is 9.84 Å². The van der Waals surface area contributed by atoms with Gasteiger partial charge in [-0.3, -0.25) is 0 Å². The van der Waals surface area contributed by atoms with Crippen LogP contribution < -0.4 is 11.1 Å². The molecule has 0 aliphatic heterocycles. The standard InChI is InChI=1S/C12H15N3O3S/c1-8-5-9(18-15-8)7-14-12-4-3-10(6-11(12)13)19(2,16)17/h3-6,14H,7,13H2,1-2H3. The number of rotatable bonds is 4. The smallest absolute Gasteiger partial charge is 0.175 e. The Morgan fingerprint density at radius 1 is 1.37 bits per heavy atom. The Morgan fingerprint density at radius 3 is 2.63 bits per heavy atom. The summed E-state index contributed by atoms with van der Waals surface area (Å²) in [7, 11) is -3.24. The van der Waals surface area contributed by atoms with Gasteiger partial charge in [0.2, 0.25) is 0 Å². The molecule has 0 radical (unpaired) electrons. The number of aromatic nitrogens is 1. The van der Waals surface area contributed by atoms with Crippen LogP contribution in [0.2, 0.25) is 0 Å². The molecular weight excluding hydrogens is 266 g/mol. The van der Waals surface area contributed by atoms with Crippen molar-refractivity contribution in [2.45, 2.75) is 18.4 Å². The molecule has 0 bridgehead atoms. The molecule has 6 nitrogen and oxygen atoms in total. The first-order chi connectivity index (χ1) is 8.86. The zero-order chi connectivity index (χ0) is 14.0. The summed E-state index contributed by atoms with van der Waals surface area (Å²) < 4.78 is 27.8. The zero-order valence-electron chi connectivity index (χ0n) is 10.7. The number of nitrogen functional groups attached to an aromatic ring is 1. The Hall–Kier alpha value is -2.02. The minimum atomic E-state index is -3.24. The fourth-order valence-corrected chi connectivity index (χ4v) is 2.27. The first kappa shape index (κ1) is 13.4. The second-order valence-corrected chi connectivity index (χ2v) is 6.33. The molecule has 102 valence electrons. The van der Waals surface area contributed by atoms with Crippen molar-refractivity contribution in [3.05, 3.63) is 35.7 Å². The summed E-state index contributed by atoms with van der Waals surface area (Å²) in [6.45, 7) is 2.27. The molecule has 0 spiro atoms. The molecule has 0 amide bonds. The maximum Gasteiger partial charge on any atom is 0.175 e. The van der Waals surface area contributed by atoms with Crippen LogP contribution >= 0.6 is 0 Å². The third kappa shape index (κ3) is 3.25. The predicted octanol–water partition coefficient (Wildman–Crippen LogP) is 1.58. The van der Waals surface area contributed by atoms with E-state index in [9.17, 15) is 8.42 Å². The number of anilines is 2. The van der Waals surface area contributed by atoms with Crippen LogP contribution in [-0.4, -0.2) is 19.8 Å². The van der Waals surface area contributed by atoms with Crippen LogP contribution in [0.4, 0.5) is 11.4 Å². The van der Waals surface area contributed by atoms with E-state index in [2.05, 4.69) is 10.5 Å². The molecule has 2 rings (SSSR count). The van der Waals surface area contributed by atoms with Crippen LogP contribution in [0.15, 0.2) is 33.7 Å². The Morgan fingerprint density at radius 2 is 2.11 bits per heavy atom. The van der Waals surface area contributed by atoms with Crippen molar-refractivity contribution < 1.29 is 12.9 Å². The van der Waals surface area contributed by atoms with Gasteiger partial charge in [0.1, 0.15) is 0 Å². The molecule has 1 aromatic heterocycles. The zero-order valence-corrected chi connectivity index (χ0v) is 11.5. The van der Waals surface area contributed by atoms with Crippen LogP contribution in [0.5, 0.6) is 0 Å². The first-order valence-electron chi connectivity index (χ1n) is 5.62. The number of hydrogen-bond acceptors (Lipinski definition) is 6. The molecule has 0 aliphatic carbocycles. The highest BCUT2D eigenvalue weighted by molar-refractivity contribution is 7.90. The molecule has 1 aromatic carbocycles. The van der Waals surface area contributed by atoms with E-state index >= 15 is 0 Å². The Kier molecular flexibility index (Phi) is 3.48. The van der Waals surface area contributed by atoms with Crippen molar-refractivity contribution in [3.63, 3.8) is 0 Å². The summed E-state index contributed by atoms with van der Waals surface area (Å²) in [4.78, 5) is 0.200. The van der Waals surface area contributed by atoms with Crippen molar-refractivity contribution in [2.24, 2.45) is 0 Å². The van der Waals surface area contributed by atoms with Gasteiger partial charge < -0.3 is 15.6 Å². The lowest BCUT2D eigenvalue weighted by molar-refractivity contribution is 0.384. The summed E-state index contributed by atoms with van der Waals surface area (Å²) in [5, 5.41) is 6.84. The lowest BCUT2D eigenvalue weighted by Gasteiger charge is -2.09. The Labute approximate surface area is 111 Å². The summed E-state index contributed by atoms with van der Waals surface area (Å²) >= 11 is 0. The maximum atomic E-state index is 11.4. The molecular formula is C12H15N3O3S. The van der Waals surface area contributed by atoms with Crippen LogP contribution in [0.25, 0.3) is 0 Å². The number of nitrogens with one attached hydrogen (secondary N) is 1. The van der Waals surface area contributed by atoms with Gasteiger partial charge in [-0.25, -0.2) is 8.42 Å². The topological polar surface area (TPSA) is 98.2 Å². The molecule has 0 saturated carbocycles. The van der Waals surface area contributed by atoms with E-state index in [-0.39, 0.29) is 4.90 Å². The monoisotopic (exact) mass is 281 g/mol. The van der Waals surface area contributed by atoms with E-state index in [1.54, 1.807) is 6.07 Å². The molecule has 0 atom stereocenters. The van der Waals surface area contributed by atoms with Gasteiger partial charge in [-0.15, -0.1) is 0 Å². The van der Waals surface area contributed by atoms with Crippen molar-refractivity contribution >= 4 is 21.2 Å². The number of aryl methyl sites for hydroxylation is 1. The van der Waals surface area contributed by atoms with E-state index in [0.717, 1.165) is 11.9 Å². The minimum Gasteiger partial charge on any atom is -0.397 e. The largest absolute Gasteiger partial charge is 0.397 e. The van der Waals surface area contributed by atoms with Crippen molar-refractivity contribution in [1.82, 2.24) is 5.16 Å². The minimum absolute atomic E-state index is 0.200. The number of hydrogen-bond donors (Lipinski definition) is 2. The SMILES string of the molecule is Cc1cc(CNc2ccc(S(C)(=O)=O)cc2N)on1. The van der Waals surface area contributed by atoms with Crippen LogP contribution in [0.1, 0.15) is 11.5 Å². The first-order valence-corrected chi connectivity index (χ1v) is 7.51. The number of benzene rings is 1. The molecule has 0 saturated heterocycles. The lowest BCUT2D eigenvalue weighted by Crippen LogP contribution is -2.04. The highest BCUT2D eigenvalue weighted by Gasteiger charge is 2.09. The fraction of sp³-hybridized carbons (Fsp3) is 0.250. The molecule has 19 heavy (non-hydrogen) atoms. The van der Waals surface area contributed by atoms with E-state index in [1.807, 2.05) is 13.0 Å². The normalized spacial score (nSPS) is 11.5. The quantitative estimate of drug-likeness (QED) is 0.826. The Bertz CT molecular complexity index is 692. The molecule has 1 heterocycles. The summed E-state index contributed by atoms with van der Waals surface area (Å²) in [6.07, 6.45) is 1.15. The lowest BCUT2D eigenvalue weighted by atomic mass is 10.2. The van der Waals surface area contributed by atoms with Gasteiger partial charge in [0.25, 0.3) is 0 Å². The van der Waals surface area contributed by atoms with Crippen molar-refractivity contribution in [1.29, 1.82) is 0 Å². The Balaban J connectivity index is 2.14. The third-order valence-corrected chi connectivity index (χ3v) is 3.69. The second-order valence-electron chi connectivity index (χ2n) is 4.31. The summed E-state index contributed by atoms with van der Waals surface area (Å²) in [6, 6.07) is 6.39. The van der Waals surface area contributed by atoms with Crippen LogP contribution in [0, 0.1) is 6.92 Å². The second kappa shape index (κ2) is 4.93. The van der Waals surface area contributed by atoms with E-state index in [4.69, 9.17) is 10.3 Å². The number of nitrogens with two attached hydrogens (primary N) is 1. The van der Waals surface area contributed by atoms with Crippen molar-refractivity contribution in [2.75, 3.05) is 17.3 Å². The van der Waals surface area contributed by atoms with Crippen molar-refractivity contribution in [3.8, 4) is 0 Å². The number of sulfone groups is 1. The fourth-order valence-electron chi connectivity index (χ4n) is 1.61. The predicted molar refractivity (Wildman–Crippen MR) is 72.5 cm³/mol. The van der Waals surface area contributed by atoms with Gasteiger partial charge in [0.15, 0.2) is 15.6 Å². The highest BCUT2D eigenvalue weighted by Crippen LogP contribution is 2.23. The number of nitrogens with zero attached hydrogens (tertiary/aromatic N) is 1. The van der Waals surface area contributed by atoms with Gasteiger partial charge in [-0.1, -0.05) is 5.16 Å². The van der Waals surface area contributed by atoms with E-state index in [1.165, 1.54) is 12.1 Å². The third-order valence-electron chi connectivity index (χ3n) is 2.58. The van der Waals surface area contributed by atoms with Gasteiger partial charge in [0.05, 0.1) is 28.5 Å². The molecule has 0 unspecified atom stereocenters. The van der Waals surface area contributed by atoms with Crippen LogP contribution in [-0.2, 0) is 16.4 Å². The molecule has 7 heteroatoms. The van der Waals surface area contributed by atoms with Gasteiger partial charge in [0, 0.05) is 12.3 Å². The van der Waals surface area contributed by atoms with Crippen LogP contribution in [0.3, 0.4) is 0 Å². The van der Waals surface area contributed by atoms with Gasteiger partial charge in [-0.2, -0.15) is 0 Å². The van der Waals surface area contributed by atoms with E-state index in [0.29, 0.717) is 23.7 Å². The molecule has 0 fully saturated rings. The molecule has 3 N–H and O–H groups in total.